The Kier molecular flexibility index (Phi) is 7.50. The zero-order valence-corrected chi connectivity index (χ0v) is 23.2. The van der Waals surface area contributed by atoms with Crippen molar-refractivity contribution in [2.75, 3.05) is 6.61 Å². The first kappa shape index (κ1) is 26.9. The number of amides is 1. The summed E-state index contributed by atoms with van der Waals surface area (Å²) in [6.45, 7) is 1.94. The number of nitrogens with zero attached hydrogens (tertiary/aromatic N) is 3. The van der Waals surface area contributed by atoms with Crippen molar-refractivity contribution in [1.29, 1.82) is 5.41 Å². The normalized spacial score (nSPS) is 16.2. The van der Waals surface area contributed by atoms with Crippen LogP contribution in [0.5, 0.6) is 11.5 Å². The number of nitrogens with one attached hydrogen (secondary N) is 1. The van der Waals surface area contributed by atoms with E-state index in [4.69, 9.17) is 37.5 Å². The van der Waals surface area contributed by atoms with Crippen molar-refractivity contribution in [2.45, 2.75) is 11.8 Å². The van der Waals surface area contributed by atoms with Crippen LogP contribution >= 0.6 is 35.0 Å². The molecule has 2 aliphatic heterocycles. The zero-order valence-electron chi connectivity index (χ0n) is 20.1. The maximum atomic E-state index is 13.0. The van der Waals surface area contributed by atoms with Crippen LogP contribution < -0.4 is 8.92 Å². The van der Waals surface area contributed by atoms with Crippen LogP contribution in [0.2, 0.25) is 10.0 Å². The van der Waals surface area contributed by atoms with Gasteiger partial charge in [-0.3, -0.25) is 10.2 Å². The molecule has 0 fully saturated rings. The third kappa shape index (κ3) is 5.86. The number of carbonyl (C=O) groups is 1. The number of halogens is 2. The number of hydrogen-bond donors (Lipinski definition) is 1. The molecule has 3 aromatic carbocycles. The van der Waals surface area contributed by atoms with Crippen LogP contribution in [0, 0.1) is 12.3 Å². The van der Waals surface area contributed by atoms with Gasteiger partial charge in [-0.05, 0) is 61.2 Å². The summed E-state index contributed by atoms with van der Waals surface area (Å²) in [4.78, 5) is 16.9. The van der Waals surface area contributed by atoms with Crippen LogP contribution in [0.3, 0.4) is 0 Å². The molecule has 0 spiro atoms. The van der Waals surface area contributed by atoms with E-state index in [1.165, 1.54) is 35.4 Å². The third-order valence-electron chi connectivity index (χ3n) is 5.44. The number of amidine groups is 2. The lowest BCUT2D eigenvalue weighted by molar-refractivity contribution is -0.114. The van der Waals surface area contributed by atoms with E-state index < -0.39 is 16.0 Å². The van der Waals surface area contributed by atoms with Crippen LogP contribution in [-0.4, -0.2) is 42.0 Å². The van der Waals surface area contributed by atoms with Gasteiger partial charge in [-0.25, -0.2) is 0 Å². The molecule has 0 saturated heterocycles. The smallest absolute Gasteiger partial charge is 0.339 e. The van der Waals surface area contributed by atoms with E-state index in [1.54, 1.807) is 24.3 Å². The molecule has 9 nitrogen and oxygen atoms in total. The van der Waals surface area contributed by atoms with Gasteiger partial charge in [0, 0.05) is 10.6 Å². The molecule has 0 atom stereocenters. The average Bonchev–Trinajstić information content (AvgIpc) is 3.31. The monoisotopic (exact) mass is 600 g/mol. The topological polar surface area (TPSA) is 121 Å². The fourth-order valence-electron chi connectivity index (χ4n) is 3.55. The molecule has 0 unspecified atom stereocenters. The summed E-state index contributed by atoms with van der Waals surface area (Å²) in [5, 5.41) is 15.0. The average molecular weight is 601 g/mol. The van der Waals surface area contributed by atoms with Crippen LogP contribution in [0.25, 0.3) is 6.08 Å². The highest BCUT2D eigenvalue weighted by Gasteiger charge is 2.36. The molecule has 5 rings (SSSR count). The standard InChI is InChI=1S/C26H18Cl2N4O5S2/c1-15-7-9-19(10-8-15)39(34,35)37-23-16(11-17(27)13-21(23)28)12-20-24(29)32-26(30-25(20)33)38-22(31-32)14-36-18-5-3-2-4-6-18/h2-13,29H,14H2,1H3/b20-12-,29-24?. The van der Waals surface area contributed by atoms with E-state index in [0.717, 1.165) is 17.3 Å². The van der Waals surface area contributed by atoms with Gasteiger partial charge in [0.15, 0.2) is 11.6 Å². The minimum absolute atomic E-state index is 0.0680. The Labute approximate surface area is 238 Å². The quantitative estimate of drug-likeness (QED) is 0.270. The molecule has 2 aliphatic rings. The Bertz CT molecular complexity index is 1690. The van der Waals surface area contributed by atoms with E-state index >= 15 is 0 Å². The Hall–Kier alpha value is -3.64. The molecule has 1 N–H and O–H groups in total. The van der Waals surface area contributed by atoms with Gasteiger partial charge in [-0.1, -0.05) is 59.1 Å². The number of rotatable bonds is 7. The van der Waals surface area contributed by atoms with Crippen molar-refractivity contribution >= 4 is 73.1 Å². The molecule has 0 aliphatic carbocycles. The first-order valence-electron chi connectivity index (χ1n) is 11.3. The molecule has 13 heteroatoms. The van der Waals surface area contributed by atoms with Gasteiger partial charge >= 0.3 is 10.1 Å². The summed E-state index contributed by atoms with van der Waals surface area (Å²) in [5.74, 6) is -0.593. The van der Waals surface area contributed by atoms with E-state index in [0.29, 0.717) is 10.8 Å². The van der Waals surface area contributed by atoms with Crippen molar-refractivity contribution in [3.63, 3.8) is 0 Å². The number of thioether (sulfide) groups is 1. The van der Waals surface area contributed by atoms with Crippen molar-refractivity contribution < 1.29 is 22.1 Å². The molecule has 0 radical (unpaired) electrons. The second-order valence-electron chi connectivity index (χ2n) is 8.27. The number of aryl methyl sites for hydroxylation is 1. The Morgan fingerprint density at radius 2 is 1.79 bits per heavy atom. The van der Waals surface area contributed by atoms with Gasteiger partial charge in [0.2, 0.25) is 5.17 Å². The largest absolute Gasteiger partial charge is 0.487 e. The first-order valence-corrected chi connectivity index (χ1v) is 14.3. The predicted octanol–water partition coefficient (Wildman–Crippen LogP) is 5.77. The zero-order chi connectivity index (χ0) is 27.7. The van der Waals surface area contributed by atoms with Crippen molar-refractivity contribution in [3.8, 4) is 11.5 Å². The molecular weight excluding hydrogens is 583 g/mol. The number of fused-ring (bicyclic) bond motifs is 1. The summed E-state index contributed by atoms with van der Waals surface area (Å²) in [7, 11) is -4.28. The third-order valence-corrected chi connectivity index (χ3v) is 8.06. The predicted molar refractivity (Wildman–Crippen MR) is 152 cm³/mol. The Morgan fingerprint density at radius 3 is 2.51 bits per heavy atom. The summed E-state index contributed by atoms with van der Waals surface area (Å²) in [5.41, 5.74) is 0.776. The van der Waals surface area contributed by atoms with Crippen molar-refractivity contribution in [3.05, 3.63) is 93.5 Å². The number of benzene rings is 3. The van der Waals surface area contributed by atoms with Gasteiger partial charge in [0.1, 0.15) is 22.3 Å². The number of ether oxygens (including phenoxy) is 1. The highest BCUT2D eigenvalue weighted by atomic mass is 35.5. The highest BCUT2D eigenvalue weighted by molar-refractivity contribution is 8.27. The van der Waals surface area contributed by atoms with Gasteiger partial charge in [-0.2, -0.15) is 23.5 Å². The minimum Gasteiger partial charge on any atom is -0.487 e. The number of hydrazone groups is 1. The number of para-hydroxylation sites is 1. The number of carbonyl (C=O) groups excluding carboxylic acids is 1. The fourth-order valence-corrected chi connectivity index (χ4v) is 5.91. The lowest BCUT2D eigenvalue weighted by Gasteiger charge is -2.20. The summed E-state index contributed by atoms with van der Waals surface area (Å²) in [6.07, 6.45) is 1.25. The van der Waals surface area contributed by atoms with Crippen LogP contribution in [-0.2, 0) is 14.9 Å². The Morgan fingerprint density at radius 1 is 1.08 bits per heavy atom. The summed E-state index contributed by atoms with van der Waals surface area (Å²) >= 11 is 13.6. The van der Waals surface area contributed by atoms with Gasteiger partial charge < -0.3 is 8.92 Å². The summed E-state index contributed by atoms with van der Waals surface area (Å²) < 4.78 is 37.0. The van der Waals surface area contributed by atoms with E-state index in [-0.39, 0.29) is 49.4 Å². The molecule has 2 heterocycles. The fraction of sp³-hybridized carbons (Fsp3) is 0.0769. The van der Waals surface area contributed by atoms with Crippen LogP contribution in [0.4, 0.5) is 0 Å². The molecule has 1 amide bonds. The van der Waals surface area contributed by atoms with E-state index in [2.05, 4.69) is 10.1 Å². The maximum Gasteiger partial charge on any atom is 0.339 e. The highest BCUT2D eigenvalue weighted by Crippen LogP contribution is 2.37. The Balaban J connectivity index is 1.45. The van der Waals surface area contributed by atoms with Gasteiger partial charge in [0.05, 0.1) is 10.6 Å². The molecule has 0 bridgehead atoms. The van der Waals surface area contributed by atoms with Gasteiger partial charge in [0.25, 0.3) is 5.91 Å². The molecule has 3 aromatic rings. The maximum absolute atomic E-state index is 13.0. The summed E-state index contributed by atoms with van der Waals surface area (Å²) in [6, 6.07) is 17.9. The lowest BCUT2D eigenvalue weighted by Crippen LogP contribution is -2.35. The molecule has 0 aromatic heterocycles. The first-order chi connectivity index (χ1) is 18.6. The lowest BCUT2D eigenvalue weighted by atomic mass is 10.1. The molecule has 0 saturated carbocycles. The number of hydrogen-bond acceptors (Lipinski definition) is 8. The van der Waals surface area contributed by atoms with E-state index in [1.807, 2.05) is 25.1 Å². The van der Waals surface area contributed by atoms with Crippen LogP contribution in [0.15, 0.2) is 87.3 Å². The van der Waals surface area contributed by atoms with Crippen molar-refractivity contribution in [1.82, 2.24) is 5.01 Å². The second-order valence-corrected chi connectivity index (χ2v) is 11.7. The molecule has 198 valence electrons. The molecule has 39 heavy (non-hydrogen) atoms. The van der Waals surface area contributed by atoms with E-state index in [9.17, 15) is 13.2 Å². The van der Waals surface area contributed by atoms with Crippen molar-refractivity contribution in [2.24, 2.45) is 10.1 Å². The van der Waals surface area contributed by atoms with Gasteiger partial charge in [-0.15, -0.1) is 0 Å². The minimum atomic E-state index is -4.28. The second kappa shape index (κ2) is 10.9. The number of aliphatic imine (C=N–C) groups is 1. The SMILES string of the molecule is Cc1ccc(S(=O)(=O)Oc2c(Cl)cc(Cl)cc2/C=C2/C(=N)N3N=C(COc4ccccc4)SC3=NC2=O)cc1. The van der Waals surface area contributed by atoms with Crippen LogP contribution in [0.1, 0.15) is 11.1 Å². The molecular formula is C26H18Cl2N4O5S2.